The van der Waals surface area contributed by atoms with Crippen LogP contribution in [0.15, 0.2) is 59.4 Å². The van der Waals surface area contributed by atoms with Crippen molar-refractivity contribution in [2.45, 2.75) is 0 Å². The van der Waals surface area contributed by atoms with Gasteiger partial charge in [-0.05, 0) is 53.4 Å². The number of fused-ring (bicyclic) bond motifs is 1. The summed E-state index contributed by atoms with van der Waals surface area (Å²) >= 11 is 12.8. The molecule has 0 fully saturated rings. The number of hydrogen-bond donors (Lipinski definition) is 0. The number of allylic oxidation sites excluding steroid dienone is 1. The molecule has 3 rings (SSSR count). The Balaban J connectivity index is 1.95. The number of hydrogen-bond acceptors (Lipinski definition) is 3. The van der Waals surface area contributed by atoms with Gasteiger partial charge in [-0.3, -0.25) is 9.59 Å². The Morgan fingerprint density at radius 1 is 0.957 bits per heavy atom. The maximum Gasteiger partial charge on any atom is 0.244 e. The normalized spacial score (nSPS) is 11.2. The highest BCUT2D eigenvalue weighted by Crippen LogP contribution is 2.22. The summed E-state index contributed by atoms with van der Waals surface area (Å²) in [5.74, 6) is -0.330. The van der Waals surface area contributed by atoms with Crippen LogP contribution in [-0.2, 0) is 0 Å². The molecule has 0 spiro atoms. The summed E-state index contributed by atoms with van der Waals surface area (Å²) in [7, 11) is 0. The van der Waals surface area contributed by atoms with E-state index in [2.05, 4.69) is 0 Å². The van der Waals surface area contributed by atoms with E-state index in [1.165, 1.54) is 6.08 Å². The van der Waals surface area contributed by atoms with E-state index in [-0.39, 0.29) is 16.1 Å². The number of halogens is 2. The predicted molar refractivity (Wildman–Crippen MR) is 97.9 cm³/mol. The van der Waals surface area contributed by atoms with E-state index < -0.39 is 0 Å². The van der Waals surface area contributed by atoms with Crippen LogP contribution in [0.25, 0.3) is 16.2 Å². The molecule has 0 amide bonds. The second-order valence-corrected chi connectivity index (χ2v) is 6.77. The second kappa shape index (κ2) is 6.67. The van der Waals surface area contributed by atoms with Crippen LogP contribution in [0.5, 0.6) is 0 Å². The molecular weight excluding hydrogens is 351 g/mol. The molecule has 2 nitrogen and oxygen atoms in total. The molecule has 0 radical (unpaired) electrons. The van der Waals surface area contributed by atoms with Gasteiger partial charge in [-0.25, -0.2) is 0 Å². The highest BCUT2D eigenvalue weighted by atomic mass is 35.5. The summed E-state index contributed by atoms with van der Waals surface area (Å²) in [6.07, 6.45) is 3.05. The molecule has 3 aromatic rings. The summed E-state index contributed by atoms with van der Waals surface area (Å²) in [6.45, 7) is 0. The molecule has 114 valence electrons. The number of carbonyl (C=O) groups is 1. The molecule has 5 heteroatoms. The molecule has 0 aliphatic heterocycles. The van der Waals surface area contributed by atoms with Gasteiger partial charge in [0.05, 0.1) is 5.56 Å². The largest absolute Gasteiger partial charge is 0.289 e. The van der Waals surface area contributed by atoms with Crippen LogP contribution >= 0.6 is 34.5 Å². The van der Waals surface area contributed by atoms with Gasteiger partial charge >= 0.3 is 0 Å². The van der Waals surface area contributed by atoms with Crippen LogP contribution in [0.4, 0.5) is 0 Å². The van der Waals surface area contributed by atoms with Crippen molar-refractivity contribution in [2.24, 2.45) is 0 Å². The molecule has 0 bridgehead atoms. The monoisotopic (exact) mass is 360 g/mol. The lowest BCUT2D eigenvalue weighted by Gasteiger charge is -2.00. The Morgan fingerprint density at radius 3 is 2.39 bits per heavy atom. The highest BCUT2D eigenvalue weighted by Gasteiger charge is 2.10. The number of benzene rings is 2. The maximum absolute atomic E-state index is 12.3. The zero-order valence-corrected chi connectivity index (χ0v) is 14.1. The van der Waals surface area contributed by atoms with Crippen LogP contribution in [0.2, 0.25) is 10.0 Å². The van der Waals surface area contributed by atoms with Gasteiger partial charge in [0.15, 0.2) is 5.78 Å². The summed E-state index contributed by atoms with van der Waals surface area (Å²) < 4.78 is 0.545. The van der Waals surface area contributed by atoms with E-state index >= 15 is 0 Å². The van der Waals surface area contributed by atoms with Crippen LogP contribution < -0.4 is 4.74 Å². The van der Waals surface area contributed by atoms with Crippen molar-refractivity contribution in [2.75, 3.05) is 0 Å². The van der Waals surface area contributed by atoms with E-state index in [0.717, 1.165) is 27.0 Å². The lowest BCUT2D eigenvalue weighted by molar-refractivity contribution is 0.104. The van der Waals surface area contributed by atoms with Crippen molar-refractivity contribution in [1.29, 1.82) is 0 Å². The van der Waals surface area contributed by atoms with Crippen molar-refractivity contribution in [1.82, 2.24) is 0 Å². The topological polar surface area (TPSA) is 34.1 Å². The minimum absolute atomic E-state index is 0.148. The average molecular weight is 361 g/mol. The van der Waals surface area contributed by atoms with Crippen LogP contribution in [0.1, 0.15) is 15.9 Å². The Bertz CT molecular complexity index is 972. The molecule has 0 N–H and O–H groups in total. The predicted octanol–water partition coefficient (Wildman–Crippen LogP) is 5.46. The van der Waals surface area contributed by atoms with E-state index in [4.69, 9.17) is 23.2 Å². The molecule has 0 atom stereocenters. The van der Waals surface area contributed by atoms with Crippen molar-refractivity contribution in [3.63, 3.8) is 0 Å². The van der Waals surface area contributed by atoms with E-state index in [1.807, 2.05) is 0 Å². The van der Waals surface area contributed by atoms with Crippen molar-refractivity contribution < 1.29 is 4.79 Å². The van der Waals surface area contributed by atoms with Crippen molar-refractivity contribution >= 4 is 56.5 Å². The SMILES string of the molecule is O=C(C=Cc1ccc(Cl)cc1)c1cc2cc(Cl)ccc2sc1=O. The third-order valence-corrected chi connectivity index (χ3v) is 4.74. The zero-order chi connectivity index (χ0) is 16.4. The average Bonchev–Trinajstić information content (AvgIpc) is 2.54. The molecule has 0 saturated carbocycles. The van der Waals surface area contributed by atoms with E-state index in [0.29, 0.717) is 10.0 Å². The molecule has 0 aliphatic carbocycles. The van der Waals surface area contributed by atoms with Crippen LogP contribution in [0, 0.1) is 0 Å². The van der Waals surface area contributed by atoms with Gasteiger partial charge in [0.2, 0.25) is 4.74 Å². The summed E-state index contributed by atoms with van der Waals surface area (Å²) in [5.41, 5.74) is 0.984. The third kappa shape index (κ3) is 3.70. The molecule has 1 aromatic heterocycles. The van der Waals surface area contributed by atoms with Crippen LogP contribution in [-0.4, -0.2) is 5.78 Å². The Hall–Kier alpha value is -1.94. The standard InChI is InChI=1S/C18H10Cl2O2S/c19-13-4-1-11(2-5-13)3-7-16(21)15-10-12-9-14(20)6-8-17(12)23-18(15)22/h1-10H. The maximum atomic E-state index is 12.3. The highest BCUT2D eigenvalue weighted by molar-refractivity contribution is 7.16. The minimum atomic E-state index is -0.330. The first kappa shape index (κ1) is 15.9. The lowest BCUT2D eigenvalue weighted by Crippen LogP contribution is -2.09. The molecule has 0 unspecified atom stereocenters. The quantitative estimate of drug-likeness (QED) is 0.458. The Morgan fingerprint density at radius 2 is 1.65 bits per heavy atom. The number of carbonyl (C=O) groups excluding carboxylic acids is 1. The first-order chi connectivity index (χ1) is 11.0. The third-order valence-electron chi connectivity index (χ3n) is 3.26. The van der Waals surface area contributed by atoms with Crippen LogP contribution in [0.3, 0.4) is 0 Å². The van der Waals surface area contributed by atoms with E-state index in [1.54, 1.807) is 54.6 Å². The van der Waals surface area contributed by atoms with Gasteiger partial charge in [-0.1, -0.05) is 52.7 Å². The number of rotatable bonds is 3. The second-order valence-electron chi connectivity index (χ2n) is 4.88. The number of ketones is 1. The van der Waals surface area contributed by atoms with Gasteiger partial charge in [0.25, 0.3) is 0 Å². The van der Waals surface area contributed by atoms with Gasteiger partial charge in [0, 0.05) is 14.7 Å². The molecule has 0 saturated heterocycles. The van der Waals surface area contributed by atoms with Gasteiger partial charge in [-0.15, -0.1) is 0 Å². The minimum Gasteiger partial charge on any atom is -0.289 e. The van der Waals surface area contributed by atoms with Gasteiger partial charge in [-0.2, -0.15) is 0 Å². The molecule has 1 heterocycles. The smallest absolute Gasteiger partial charge is 0.244 e. The molecule has 23 heavy (non-hydrogen) atoms. The lowest BCUT2D eigenvalue weighted by atomic mass is 10.1. The first-order valence-electron chi connectivity index (χ1n) is 6.74. The molecule has 2 aromatic carbocycles. The summed E-state index contributed by atoms with van der Waals surface area (Å²) in [5, 5.41) is 1.98. The fraction of sp³-hybridized carbons (Fsp3) is 0. The van der Waals surface area contributed by atoms with Gasteiger partial charge < -0.3 is 0 Å². The van der Waals surface area contributed by atoms with Gasteiger partial charge in [0.1, 0.15) is 0 Å². The van der Waals surface area contributed by atoms with E-state index in [9.17, 15) is 9.59 Å². The Kier molecular flexibility index (Phi) is 4.62. The first-order valence-corrected chi connectivity index (χ1v) is 8.31. The van der Waals surface area contributed by atoms with Crippen molar-refractivity contribution in [3.05, 3.63) is 85.3 Å². The zero-order valence-electron chi connectivity index (χ0n) is 11.8. The summed E-state index contributed by atoms with van der Waals surface area (Å²) in [4.78, 5) is 24.4. The molecule has 0 aliphatic rings. The van der Waals surface area contributed by atoms with Crippen molar-refractivity contribution in [3.8, 4) is 0 Å². The fourth-order valence-electron chi connectivity index (χ4n) is 2.10. The Labute approximate surface area is 146 Å². The molecular formula is C18H10Cl2O2S. The fourth-order valence-corrected chi connectivity index (χ4v) is 3.25. The summed E-state index contributed by atoms with van der Waals surface area (Å²) in [6, 6.07) is 13.9.